The Balaban J connectivity index is 1.98. The number of rotatable bonds is 10. The molecule has 0 saturated carbocycles. The van der Waals surface area contributed by atoms with Crippen LogP contribution in [0.25, 0.3) is 10.9 Å². The molecular weight excluding hydrogens is 390 g/mol. The number of hydrogen-bond acceptors (Lipinski definition) is 4. The van der Waals surface area contributed by atoms with Crippen molar-refractivity contribution >= 4 is 10.9 Å². The van der Waals surface area contributed by atoms with Crippen LogP contribution in [0.3, 0.4) is 0 Å². The Morgan fingerprint density at radius 3 is 2.48 bits per heavy atom. The number of ether oxygens (including phenoxy) is 3. The third kappa shape index (κ3) is 5.69. The van der Waals surface area contributed by atoms with Crippen LogP contribution >= 0.6 is 0 Å². The first-order valence-electron chi connectivity index (χ1n) is 10.7. The smallest absolute Gasteiger partial charge is 0.297 e. The largest absolute Gasteiger partial charge is 0.489 e. The minimum Gasteiger partial charge on any atom is -0.489 e. The lowest BCUT2D eigenvalue weighted by atomic mass is 10.1. The average Bonchev–Trinajstić information content (AvgIpc) is 2.78. The van der Waals surface area contributed by atoms with Gasteiger partial charge in [-0.05, 0) is 44.0 Å². The number of unbranched alkanes of at least 4 members (excludes halogenated alkanes) is 1. The van der Waals surface area contributed by atoms with Crippen molar-refractivity contribution in [1.82, 2.24) is 4.57 Å². The summed E-state index contributed by atoms with van der Waals surface area (Å²) in [6.07, 6.45) is 3.85. The second-order valence-electron chi connectivity index (χ2n) is 7.77. The molecule has 0 radical (unpaired) electrons. The van der Waals surface area contributed by atoms with E-state index in [4.69, 9.17) is 14.2 Å². The maximum atomic E-state index is 13.1. The van der Waals surface area contributed by atoms with Crippen molar-refractivity contribution < 1.29 is 14.2 Å². The lowest BCUT2D eigenvalue weighted by molar-refractivity contribution is 0.275. The van der Waals surface area contributed by atoms with Gasteiger partial charge >= 0.3 is 0 Å². The van der Waals surface area contributed by atoms with E-state index in [9.17, 15) is 4.79 Å². The van der Waals surface area contributed by atoms with Crippen molar-refractivity contribution in [3.8, 4) is 17.2 Å². The first kappa shape index (κ1) is 22.5. The minimum atomic E-state index is -0.212. The Hall–Kier alpha value is -3.21. The van der Waals surface area contributed by atoms with Gasteiger partial charge in [-0.2, -0.15) is 0 Å². The molecule has 1 aromatic heterocycles. The van der Waals surface area contributed by atoms with Gasteiger partial charge in [-0.1, -0.05) is 49.2 Å². The summed E-state index contributed by atoms with van der Waals surface area (Å²) in [5, 5.41) is 0.822. The molecule has 0 unspecified atom stereocenters. The highest BCUT2D eigenvalue weighted by atomic mass is 16.5. The zero-order chi connectivity index (χ0) is 22.2. The van der Waals surface area contributed by atoms with Crippen molar-refractivity contribution in [3.05, 3.63) is 76.1 Å². The number of allylic oxidation sites excluding steroid dienone is 1. The lowest BCUT2D eigenvalue weighted by Gasteiger charge is -2.17. The Morgan fingerprint density at radius 1 is 1.00 bits per heavy atom. The van der Waals surface area contributed by atoms with Gasteiger partial charge in [0.25, 0.3) is 5.56 Å². The molecule has 0 fully saturated rings. The minimum absolute atomic E-state index is 0.212. The van der Waals surface area contributed by atoms with E-state index >= 15 is 0 Å². The van der Waals surface area contributed by atoms with E-state index in [1.807, 2.05) is 68.5 Å². The molecule has 31 heavy (non-hydrogen) atoms. The lowest BCUT2D eigenvalue weighted by Crippen LogP contribution is -2.21. The first-order chi connectivity index (χ1) is 15.0. The molecule has 164 valence electrons. The molecule has 5 nitrogen and oxygen atoms in total. The van der Waals surface area contributed by atoms with E-state index in [-0.39, 0.29) is 11.3 Å². The number of aromatic nitrogens is 1. The summed E-state index contributed by atoms with van der Waals surface area (Å²) in [5.41, 5.74) is 2.77. The molecule has 5 heteroatoms. The summed E-state index contributed by atoms with van der Waals surface area (Å²) in [6.45, 7) is 7.43. The number of fused-ring (bicyclic) bond motifs is 1. The van der Waals surface area contributed by atoms with Crippen LogP contribution in [0.2, 0.25) is 0 Å². The van der Waals surface area contributed by atoms with Crippen molar-refractivity contribution in [3.63, 3.8) is 0 Å². The van der Waals surface area contributed by atoms with E-state index < -0.39 is 0 Å². The summed E-state index contributed by atoms with van der Waals surface area (Å²) in [4.78, 5) is 13.1. The van der Waals surface area contributed by atoms with Crippen LogP contribution in [0.1, 0.15) is 39.2 Å². The summed E-state index contributed by atoms with van der Waals surface area (Å²) in [7, 11) is 1.75. The van der Waals surface area contributed by atoms with Crippen LogP contribution in [0.4, 0.5) is 0 Å². The van der Waals surface area contributed by atoms with Gasteiger partial charge in [0.1, 0.15) is 19.0 Å². The van der Waals surface area contributed by atoms with Crippen LogP contribution < -0.4 is 19.8 Å². The fourth-order valence-corrected chi connectivity index (χ4v) is 3.17. The molecule has 0 spiro atoms. The number of pyridine rings is 1. The van der Waals surface area contributed by atoms with E-state index in [1.165, 1.54) is 0 Å². The Morgan fingerprint density at radius 2 is 1.77 bits per heavy atom. The summed E-state index contributed by atoms with van der Waals surface area (Å²) >= 11 is 0. The highest BCUT2D eigenvalue weighted by molar-refractivity contribution is 5.89. The van der Waals surface area contributed by atoms with Gasteiger partial charge in [0.2, 0.25) is 5.75 Å². The third-order valence-electron chi connectivity index (χ3n) is 4.99. The molecule has 0 aliphatic rings. The van der Waals surface area contributed by atoms with Crippen LogP contribution in [0.5, 0.6) is 17.2 Å². The van der Waals surface area contributed by atoms with E-state index in [2.05, 4.69) is 6.92 Å². The zero-order valence-electron chi connectivity index (χ0n) is 18.8. The van der Waals surface area contributed by atoms with Gasteiger partial charge in [0.15, 0.2) is 5.75 Å². The van der Waals surface area contributed by atoms with Gasteiger partial charge in [0.05, 0.1) is 12.1 Å². The van der Waals surface area contributed by atoms with Gasteiger partial charge in [0, 0.05) is 18.5 Å². The van der Waals surface area contributed by atoms with Crippen LogP contribution in [-0.4, -0.2) is 17.8 Å². The molecule has 3 rings (SSSR count). The van der Waals surface area contributed by atoms with Gasteiger partial charge in [-0.15, -0.1) is 0 Å². The maximum Gasteiger partial charge on any atom is 0.297 e. The molecule has 0 saturated heterocycles. The summed E-state index contributed by atoms with van der Waals surface area (Å²) < 4.78 is 19.5. The predicted molar refractivity (Wildman–Crippen MR) is 125 cm³/mol. The number of benzene rings is 2. The summed E-state index contributed by atoms with van der Waals surface area (Å²) in [6, 6.07) is 15.7. The molecule has 0 atom stereocenters. The van der Waals surface area contributed by atoms with Crippen LogP contribution in [0, 0.1) is 0 Å². The molecule has 0 bridgehead atoms. The quantitative estimate of drug-likeness (QED) is 0.314. The van der Waals surface area contributed by atoms with Crippen molar-refractivity contribution in [1.29, 1.82) is 0 Å². The molecular formula is C26H31NO4. The standard InChI is InChI=1S/C26H31NO4/c1-5-6-15-29-25-24(30-16-14-19(2)3)22-13-12-21(17-23(22)27(4)26(25)28)31-18-20-10-8-7-9-11-20/h7-14,17H,5-6,15-16,18H2,1-4H3. The Kier molecular flexibility index (Phi) is 7.76. The van der Waals surface area contributed by atoms with Crippen molar-refractivity contribution in [2.24, 2.45) is 7.05 Å². The normalized spacial score (nSPS) is 10.7. The number of aryl methyl sites for hydroxylation is 1. The average molecular weight is 422 g/mol. The second kappa shape index (κ2) is 10.7. The molecule has 0 aliphatic heterocycles. The number of hydrogen-bond donors (Lipinski definition) is 0. The fourth-order valence-electron chi connectivity index (χ4n) is 3.17. The summed E-state index contributed by atoms with van der Waals surface area (Å²) in [5.74, 6) is 1.45. The van der Waals surface area contributed by atoms with Crippen LogP contribution in [-0.2, 0) is 13.7 Å². The van der Waals surface area contributed by atoms with Crippen molar-refractivity contribution in [2.45, 2.75) is 40.2 Å². The predicted octanol–water partition coefficient (Wildman–Crippen LogP) is 5.64. The van der Waals surface area contributed by atoms with E-state index in [0.717, 1.165) is 34.9 Å². The third-order valence-corrected chi connectivity index (χ3v) is 4.99. The highest BCUT2D eigenvalue weighted by Gasteiger charge is 2.19. The second-order valence-corrected chi connectivity index (χ2v) is 7.77. The number of nitrogens with zero attached hydrogens (tertiary/aromatic N) is 1. The first-order valence-corrected chi connectivity index (χ1v) is 10.7. The molecule has 0 N–H and O–H groups in total. The molecule has 0 aliphatic carbocycles. The van der Waals surface area contributed by atoms with Gasteiger partial charge in [-0.25, -0.2) is 0 Å². The molecule has 0 amide bonds. The van der Waals surface area contributed by atoms with E-state index in [1.54, 1.807) is 11.6 Å². The van der Waals surface area contributed by atoms with Gasteiger partial charge < -0.3 is 18.8 Å². The monoisotopic (exact) mass is 421 g/mol. The Bertz CT molecular complexity index is 1100. The molecule has 1 heterocycles. The Labute approximate surface area is 183 Å². The van der Waals surface area contributed by atoms with Crippen LogP contribution in [0.15, 0.2) is 65.0 Å². The SMILES string of the molecule is CCCCOc1c(OCC=C(C)C)c2ccc(OCc3ccccc3)cc2n(C)c1=O. The van der Waals surface area contributed by atoms with Gasteiger partial charge in [-0.3, -0.25) is 4.79 Å². The molecule has 2 aromatic carbocycles. The zero-order valence-corrected chi connectivity index (χ0v) is 18.8. The highest BCUT2D eigenvalue weighted by Crippen LogP contribution is 2.34. The van der Waals surface area contributed by atoms with Crippen molar-refractivity contribution in [2.75, 3.05) is 13.2 Å². The fraction of sp³-hybridized carbons (Fsp3) is 0.346. The van der Waals surface area contributed by atoms with E-state index in [0.29, 0.717) is 31.3 Å². The molecule has 3 aromatic rings. The topological polar surface area (TPSA) is 49.7 Å². The maximum absolute atomic E-state index is 13.1.